The standard InChI is InChI=1S/C16H15BrFNO2/c1-16(21,12-4-8-14(18)9-5-12)10-19-15(20)11-2-6-13(17)7-3-11/h2-9,21H,10H2,1H3,(H,19,20). The molecule has 3 nitrogen and oxygen atoms in total. The van der Waals surface area contributed by atoms with Crippen LogP contribution in [0.1, 0.15) is 22.8 Å². The summed E-state index contributed by atoms with van der Waals surface area (Å²) < 4.78 is 13.8. The Morgan fingerprint density at radius 3 is 2.33 bits per heavy atom. The van der Waals surface area contributed by atoms with E-state index in [-0.39, 0.29) is 18.3 Å². The fraction of sp³-hybridized carbons (Fsp3) is 0.188. The SMILES string of the molecule is CC(O)(CNC(=O)c1ccc(Br)cc1)c1ccc(F)cc1. The maximum Gasteiger partial charge on any atom is 0.251 e. The molecule has 110 valence electrons. The van der Waals surface area contributed by atoms with Gasteiger partial charge >= 0.3 is 0 Å². The molecule has 0 aliphatic heterocycles. The smallest absolute Gasteiger partial charge is 0.251 e. The number of halogens is 2. The van der Waals surface area contributed by atoms with Crippen molar-refractivity contribution in [2.45, 2.75) is 12.5 Å². The monoisotopic (exact) mass is 351 g/mol. The van der Waals surface area contributed by atoms with Gasteiger partial charge in [0.15, 0.2) is 0 Å². The molecule has 0 fully saturated rings. The number of carbonyl (C=O) groups excluding carboxylic acids is 1. The largest absolute Gasteiger partial charge is 0.384 e. The summed E-state index contributed by atoms with van der Waals surface area (Å²) in [6.45, 7) is 1.61. The lowest BCUT2D eigenvalue weighted by atomic mass is 9.96. The molecule has 0 saturated heterocycles. The van der Waals surface area contributed by atoms with Crippen molar-refractivity contribution in [2.24, 2.45) is 0 Å². The lowest BCUT2D eigenvalue weighted by Gasteiger charge is -2.24. The predicted molar refractivity (Wildman–Crippen MR) is 82.4 cm³/mol. The lowest BCUT2D eigenvalue weighted by molar-refractivity contribution is 0.0526. The molecule has 0 radical (unpaired) electrons. The van der Waals surface area contributed by atoms with Gasteiger partial charge in [-0.1, -0.05) is 28.1 Å². The molecule has 1 atom stereocenters. The number of rotatable bonds is 4. The van der Waals surface area contributed by atoms with Crippen molar-refractivity contribution in [2.75, 3.05) is 6.54 Å². The second kappa shape index (κ2) is 6.37. The molecule has 0 aromatic heterocycles. The van der Waals surface area contributed by atoms with E-state index in [2.05, 4.69) is 21.2 Å². The fourth-order valence-corrected chi connectivity index (χ4v) is 2.13. The molecule has 0 aliphatic rings. The van der Waals surface area contributed by atoms with E-state index in [1.807, 2.05) is 0 Å². The zero-order valence-corrected chi connectivity index (χ0v) is 13.0. The topological polar surface area (TPSA) is 49.3 Å². The molecule has 5 heteroatoms. The van der Waals surface area contributed by atoms with E-state index >= 15 is 0 Å². The molecule has 0 bridgehead atoms. The highest BCUT2D eigenvalue weighted by Crippen LogP contribution is 2.20. The molecule has 2 aromatic rings. The lowest BCUT2D eigenvalue weighted by Crippen LogP contribution is -2.38. The van der Waals surface area contributed by atoms with Crippen molar-refractivity contribution in [3.8, 4) is 0 Å². The van der Waals surface area contributed by atoms with Gasteiger partial charge in [-0.25, -0.2) is 4.39 Å². The summed E-state index contributed by atoms with van der Waals surface area (Å²) in [6.07, 6.45) is 0. The first-order valence-electron chi connectivity index (χ1n) is 6.41. The number of carbonyl (C=O) groups is 1. The van der Waals surface area contributed by atoms with E-state index in [4.69, 9.17) is 0 Å². The first kappa shape index (κ1) is 15.7. The van der Waals surface area contributed by atoms with E-state index in [0.717, 1.165) is 4.47 Å². The van der Waals surface area contributed by atoms with Crippen LogP contribution in [0.15, 0.2) is 53.0 Å². The summed E-state index contributed by atoms with van der Waals surface area (Å²) in [6, 6.07) is 12.5. The highest BCUT2D eigenvalue weighted by Gasteiger charge is 2.24. The molecular formula is C16H15BrFNO2. The minimum absolute atomic E-state index is 0.0352. The van der Waals surface area contributed by atoms with Crippen LogP contribution in [0.5, 0.6) is 0 Å². The molecule has 0 saturated carbocycles. The van der Waals surface area contributed by atoms with Gasteiger partial charge in [-0.05, 0) is 48.9 Å². The average molecular weight is 352 g/mol. The summed E-state index contributed by atoms with van der Waals surface area (Å²) in [5, 5.41) is 13.0. The van der Waals surface area contributed by atoms with Crippen LogP contribution in [0, 0.1) is 5.82 Å². The number of nitrogens with one attached hydrogen (secondary N) is 1. The number of hydrogen-bond acceptors (Lipinski definition) is 2. The van der Waals surface area contributed by atoms with Gasteiger partial charge < -0.3 is 10.4 Å². The minimum atomic E-state index is -1.27. The Balaban J connectivity index is 2.02. The van der Waals surface area contributed by atoms with Crippen molar-refractivity contribution in [3.63, 3.8) is 0 Å². The molecule has 21 heavy (non-hydrogen) atoms. The number of benzene rings is 2. The average Bonchev–Trinajstić information content (AvgIpc) is 2.46. The molecule has 2 N–H and O–H groups in total. The van der Waals surface area contributed by atoms with E-state index < -0.39 is 5.60 Å². The van der Waals surface area contributed by atoms with Crippen LogP contribution >= 0.6 is 15.9 Å². The second-order valence-corrected chi connectivity index (χ2v) is 5.89. The molecule has 2 aromatic carbocycles. The van der Waals surface area contributed by atoms with Crippen molar-refractivity contribution in [1.29, 1.82) is 0 Å². The highest BCUT2D eigenvalue weighted by molar-refractivity contribution is 9.10. The third-order valence-corrected chi connectivity index (χ3v) is 3.69. The first-order valence-corrected chi connectivity index (χ1v) is 7.20. The zero-order valence-electron chi connectivity index (χ0n) is 11.4. The Morgan fingerprint density at radius 1 is 1.19 bits per heavy atom. The van der Waals surface area contributed by atoms with Crippen LogP contribution in [0.25, 0.3) is 0 Å². The van der Waals surface area contributed by atoms with Crippen LogP contribution in [0.4, 0.5) is 4.39 Å². The van der Waals surface area contributed by atoms with Gasteiger partial charge in [-0.15, -0.1) is 0 Å². The molecule has 1 amide bonds. The molecular weight excluding hydrogens is 337 g/mol. The van der Waals surface area contributed by atoms with Crippen molar-refractivity contribution in [1.82, 2.24) is 5.32 Å². The molecule has 0 spiro atoms. The normalized spacial score (nSPS) is 13.5. The summed E-state index contributed by atoms with van der Waals surface area (Å²) in [7, 11) is 0. The molecule has 1 unspecified atom stereocenters. The van der Waals surface area contributed by atoms with Crippen LogP contribution in [-0.4, -0.2) is 17.6 Å². The van der Waals surface area contributed by atoms with Crippen LogP contribution in [0.3, 0.4) is 0 Å². The molecule has 2 rings (SSSR count). The number of aliphatic hydroxyl groups is 1. The minimum Gasteiger partial charge on any atom is -0.384 e. The van der Waals surface area contributed by atoms with Crippen LogP contribution < -0.4 is 5.32 Å². The van der Waals surface area contributed by atoms with Gasteiger partial charge in [0, 0.05) is 10.0 Å². The Morgan fingerprint density at radius 2 is 1.76 bits per heavy atom. The molecule has 0 aliphatic carbocycles. The zero-order chi connectivity index (χ0) is 15.5. The predicted octanol–water partition coefficient (Wildman–Crippen LogP) is 3.23. The summed E-state index contributed by atoms with van der Waals surface area (Å²) in [4.78, 5) is 12.0. The summed E-state index contributed by atoms with van der Waals surface area (Å²) in [5.41, 5.74) is -0.216. The third kappa shape index (κ3) is 4.12. The maximum absolute atomic E-state index is 12.9. The first-order chi connectivity index (χ1) is 9.88. The third-order valence-electron chi connectivity index (χ3n) is 3.17. The quantitative estimate of drug-likeness (QED) is 0.888. The number of amides is 1. The van der Waals surface area contributed by atoms with Gasteiger partial charge in [-0.3, -0.25) is 4.79 Å². The summed E-state index contributed by atoms with van der Waals surface area (Å²) >= 11 is 3.30. The van der Waals surface area contributed by atoms with Gasteiger partial charge in [-0.2, -0.15) is 0 Å². The van der Waals surface area contributed by atoms with Crippen molar-refractivity contribution >= 4 is 21.8 Å². The van der Waals surface area contributed by atoms with E-state index in [0.29, 0.717) is 11.1 Å². The van der Waals surface area contributed by atoms with Gasteiger partial charge in [0.25, 0.3) is 5.91 Å². The fourth-order valence-electron chi connectivity index (χ4n) is 1.87. The summed E-state index contributed by atoms with van der Waals surface area (Å²) in [5.74, 6) is -0.640. The highest BCUT2D eigenvalue weighted by atomic mass is 79.9. The Hall–Kier alpha value is -1.72. The molecule has 0 heterocycles. The van der Waals surface area contributed by atoms with Gasteiger partial charge in [0.1, 0.15) is 11.4 Å². The van der Waals surface area contributed by atoms with Gasteiger partial charge in [0.2, 0.25) is 0 Å². The van der Waals surface area contributed by atoms with Gasteiger partial charge in [0.05, 0.1) is 6.54 Å². The van der Waals surface area contributed by atoms with E-state index in [1.54, 1.807) is 31.2 Å². The maximum atomic E-state index is 12.9. The Labute approximate surface area is 130 Å². The van der Waals surface area contributed by atoms with Crippen molar-refractivity contribution in [3.05, 3.63) is 69.9 Å². The van der Waals surface area contributed by atoms with Crippen LogP contribution in [-0.2, 0) is 5.60 Å². The second-order valence-electron chi connectivity index (χ2n) is 4.97. The Bertz CT molecular complexity index is 624. The van der Waals surface area contributed by atoms with Crippen LogP contribution in [0.2, 0.25) is 0 Å². The Kier molecular flexibility index (Phi) is 4.75. The number of hydrogen-bond donors (Lipinski definition) is 2. The van der Waals surface area contributed by atoms with E-state index in [1.165, 1.54) is 24.3 Å². The van der Waals surface area contributed by atoms with Crippen molar-refractivity contribution < 1.29 is 14.3 Å². The van der Waals surface area contributed by atoms with E-state index in [9.17, 15) is 14.3 Å².